The summed E-state index contributed by atoms with van der Waals surface area (Å²) in [6, 6.07) is 13.1. The summed E-state index contributed by atoms with van der Waals surface area (Å²) < 4.78 is 1.14. The van der Waals surface area contributed by atoms with Crippen molar-refractivity contribution in [3.63, 3.8) is 0 Å². The molecule has 0 aliphatic carbocycles. The van der Waals surface area contributed by atoms with Gasteiger partial charge < -0.3 is 5.32 Å². The van der Waals surface area contributed by atoms with Crippen LogP contribution in [0.15, 0.2) is 53.3 Å². The van der Waals surface area contributed by atoms with E-state index in [4.69, 9.17) is 0 Å². The molecule has 3 heteroatoms. The molecule has 2 rings (SSSR count). The molecule has 2 nitrogen and oxygen atoms in total. The number of hydrogen-bond donors (Lipinski definition) is 1. The summed E-state index contributed by atoms with van der Waals surface area (Å²) in [6.45, 7) is 0. The summed E-state index contributed by atoms with van der Waals surface area (Å²) in [7, 11) is 2.02. The molecule has 0 spiro atoms. The highest BCUT2D eigenvalue weighted by Gasteiger charge is 2.08. The first-order valence-electron chi connectivity index (χ1n) is 6.08. The maximum atomic E-state index is 4.05. The van der Waals surface area contributed by atoms with E-state index in [2.05, 4.69) is 62.6 Å². The molecule has 0 aliphatic rings. The SMILES string of the molecule is CNC(Cc1ccncc1)Cc1cccc(Br)c1. The van der Waals surface area contributed by atoms with Gasteiger partial charge in [-0.15, -0.1) is 0 Å². The molecule has 1 aromatic carbocycles. The normalized spacial score (nSPS) is 12.3. The fraction of sp³-hybridized carbons (Fsp3) is 0.267. The van der Waals surface area contributed by atoms with Crippen LogP contribution in [-0.4, -0.2) is 18.1 Å². The topological polar surface area (TPSA) is 24.9 Å². The highest BCUT2D eigenvalue weighted by Crippen LogP contribution is 2.14. The summed E-state index contributed by atoms with van der Waals surface area (Å²) in [5.74, 6) is 0. The van der Waals surface area contributed by atoms with Crippen LogP contribution in [0.25, 0.3) is 0 Å². The first-order chi connectivity index (χ1) is 8.78. The standard InChI is InChI=1S/C15H17BrN2/c1-17-15(10-12-5-7-18-8-6-12)11-13-3-2-4-14(16)9-13/h2-9,15,17H,10-11H2,1H3. The molecule has 2 aromatic rings. The molecule has 1 N–H and O–H groups in total. The first kappa shape index (κ1) is 13.2. The predicted octanol–water partition coefficient (Wildman–Crippen LogP) is 3.22. The van der Waals surface area contributed by atoms with Crippen molar-refractivity contribution in [2.45, 2.75) is 18.9 Å². The number of rotatable bonds is 5. The van der Waals surface area contributed by atoms with Gasteiger partial charge in [-0.25, -0.2) is 0 Å². The van der Waals surface area contributed by atoms with Gasteiger partial charge >= 0.3 is 0 Å². The largest absolute Gasteiger partial charge is 0.316 e. The van der Waals surface area contributed by atoms with Crippen LogP contribution in [-0.2, 0) is 12.8 Å². The van der Waals surface area contributed by atoms with Crippen molar-refractivity contribution in [1.29, 1.82) is 0 Å². The second-order valence-corrected chi connectivity index (χ2v) is 5.29. The number of nitrogens with one attached hydrogen (secondary N) is 1. The number of halogens is 1. The molecular formula is C15H17BrN2. The monoisotopic (exact) mass is 304 g/mol. The van der Waals surface area contributed by atoms with Crippen LogP contribution in [0.4, 0.5) is 0 Å². The van der Waals surface area contributed by atoms with Crippen LogP contribution in [0.2, 0.25) is 0 Å². The Morgan fingerprint density at radius 3 is 2.50 bits per heavy atom. The average molecular weight is 305 g/mol. The van der Waals surface area contributed by atoms with E-state index in [0.717, 1.165) is 17.3 Å². The lowest BCUT2D eigenvalue weighted by Gasteiger charge is -2.16. The second kappa shape index (κ2) is 6.66. The summed E-state index contributed by atoms with van der Waals surface area (Å²) in [6.07, 6.45) is 5.74. The van der Waals surface area contributed by atoms with Gasteiger partial charge in [0.1, 0.15) is 0 Å². The van der Waals surface area contributed by atoms with Crippen LogP contribution in [0, 0.1) is 0 Å². The molecule has 0 saturated heterocycles. The molecule has 18 heavy (non-hydrogen) atoms. The minimum Gasteiger partial charge on any atom is -0.316 e. The van der Waals surface area contributed by atoms with Crippen LogP contribution in [0.5, 0.6) is 0 Å². The van der Waals surface area contributed by atoms with Crippen molar-refractivity contribution in [1.82, 2.24) is 10.3 Å². The second-order valence-electron chi connectivity index (χ2n) is 4.38. The van der Waals surface area contributed by atoms with Gasteiger partial charge in [-0.05, 0) is 55.3 Å². The molecule has 0 fully saturated rings. The van der Waals surface area contributed by atoms with Gasteiger partial charge in [0.2, 0.25) is 0 Å². The number of nitrogens with zero attached hydrogens (tertiary/aromatic N) is 1. The molecule has 0 aliphatic heterocycles. The van der Waals surface area contributed by atoms with Gasteiger partial charge in [0, 0.05) is 22.9 Å². The summed E-state index contributed by atoms with van der Waals surface area (Å²) in [5, 5.41) is 3.38. The molecule has 1 heterocycles. The highest BCUT2D eigenvalue weighted by molar-refractivity contribution is 9.10. The van der Waals surface area contributed by atoms with E-state index < -0.39 is 0 Å². The van der Waals surface area contributed by atoms with Crippen LogP contribution >= 0.6 is 15.9 Å². The van der Waals surface area contributed by atoms with Gasteiger partial charge in [-0.2, -0.15) is 0 Å². The average Bonchev–Trinajstić information content (AvgIpc) is 2.39. The van der Waals surface area contributed by atoms with E-state index in [1.807, 2.05) is 19.4 Å². The molecule has 0 saturated carbocycles. The Morgan fingerprint density at radius 2 is 1.83 bits per heavy atom. The van der Waals surface area contributed by atoms with E-state index in [1.54, 1.807) is 0 Å². The Bertz CT molecular complexity index is 485. The molecule has 0 radical (unpaired) electrons. The number of likely N-dealkylation sites (N-methyl/N-ethyl adjacent to an activating group) is 1. The molecule has 0 bridgehead atoms. The number of aromatic nitrogens is 1. The maximum absolute atomic E-state index is 4.05. The summed E-state index contributed by atoms with van der Waals surface area (Å²) in [4.78, 5) is 4.05. The third kappa shape index (κ3) is 3.93. The van der Waals surface area contributed by atoms with Crippen molar-refractivity contribution in [2.24, 2.45) is 0 Å². The first-order valence-corrected chi connectivity index (χ1v) is 6.88. The Hall–Kier alpha value is -1.19. The number of hydrogen-bond acceptors (Lipinski definition) is 2. The smallest absolute Gasteiger partial charge is 0.0270 e. The molecule has 1 aromatic heterocycles. The van der Waals surface area contributed by atoms with Gasteiger partial charge in [0.05, 0.1) is 0 Å². The number of pyridine rings is 1. The number of benzene rings is 1. The zero-order valence-electron chi connectivity index (χ0n) is 10.4. The van der Waals surface area contributed by atoms with Crippen LogP contribution in [0.1, 0.15) is 11.1 Å². The molecule has 1 atom stereocenters. The summed E-state index contributed by atoms with van der Waals surface area (Å²) >= 11 is 3.51. The Morgan fingerprint density at radius 1 is 1.11 bits per heavy atom. The third-order valence-electron chi connectivity index (χ3n) is 3.01. The lowest BCUT2D eigenvalue weighted by molar-refractivity contribution is 0.556. The van der Waals surface area contributed by atoms with E-state index in [-0.39, 0.29) is 0 Å². The van der Waals surface area contributed by atoms with Crippen molar-refractivity contribution >= 4 is 15.9 Å². The van der Waals surface area contributed by atoms with Gasteiger partial charge in [0.15, 0.2) is 0 Å². The van der Waals surface area contributed by atoms with E-state index in [9.17, 15) is 0 Å². The quantitative estimate of drug-likeness (QED) is 0.917. The van der Waals surface area contributed by atoms with E-state index in [0.29, 0.717) is 6.04 Å². The minimum absolute atomic E-state index is 0.446. The van der Waals surface area contributed by atoms with Gasteiger partial charge in [-0.1, -0.05) is 28.1 Å². The van der Waals surface area contributed by atoms with Crippen LogP contribution in [0.3, 0.4) is 0 Å². The lowest BCUT2D eigenvalue weighted by Crippen LogP contribution is -2.29. The van der Waals surface area contributed by atoms with E-state index in [1.165, 1.54) is 11.1 Å². The Balaban J connectivity index is 2.01. The molecule has 94 valence electrons. The highest BCUT2D eigenvalue weighted by atomic mass is 79.9. The Labute approximate surface area is 117 Å². The lowest BCUT2D eigenvalue weighted by atomic mass is 10.00. The zero-order valence-corrected chi connectivity index (χ0v) is 12.0. The molecule has 1 unspecified atom stereocenters. The van der Waals surface area contributed by atoms with E-state index >= 15 is 0 Å². The zero-order chi connectivity index (χ0) is 12.8. The maximum Gasteiger partial charge on any atom is 0.0270 e. The van der Waals surface area contributed by atoms with Crippen molar-refractivity contribution in [3.05, 3.63) is 64.4 Å². The van der Waals surface area contributed by atoms with Gasteiger partial charge in [0.25, 0.3) is 0 Å². The Kier molecular flexibility index (Phi) is 4.90. The van der Waals surface area contributed by atoms with Crippen molar-refractivity contribution < 1.29 is 0 Å². The third-order valence-corrected chi connectivity index (χ3v) is 3.50. The van der Waals surface area contributed by atoms with Crippen molar-refractivity contribution in [2.75, 3.05) is 7.05 Å². The minimum atomic E-state index is 0.446. The fourth-order valence-corrected chi connectivity index (χ4v) is 2.47. The van der Waals surface area contributed by atoms with Crippen LogP contribution < -0.4 is 5.32 Å². The molecular weight excluding hydrogens is 288 g/mol. The van der Waals surface area contributed by atoms with Crippen molar-refractivity contribution in [3.8, 4) is 0 Å². The molecule has 0 amide bonds. The summed E-state index contributed by atoms with van der Waals surface area (Å²) in [5.41, 5.74) is 2.66. The van der Waals surface area contributed by atoms with Gasteiger partial charge in [-0.3, -0.25) is 4.98 Å². The fourth-order valence-electron chi connectivity index (χ4n) is 2.03. The predicted molar refractivity (Wildman–Crippen MR) is 78.6 cm³/mol.